The monoisotopic (exact) mass is 523 g/mol. The van der Waals surface area contributed by atoms with Gasteiger partial charge in [0.1, 0.15) is 0 Å². The summed E-state index contributed by atoms with van der Waals surface area (Å²) in [4.78, 5) is 5.05. The number of aliphatic imine (C=N–C) groups is 1. The molecule has 0 atom stereocenters. The molecule has 1 fully saturated rings. The number of hydrogen-bond acceptors (Lipinski definition) is 4. The largest absolute Gasteiger partial charge is 0.385 e. The predicted octanol–water partition coefficient (Wildman–Crippen LogP) is 3.28. The zero-order chi connectivity index (χ0) is 19.9. The number of nitrogens with zero attached hydrogens (tertiary/aromatic N) is 1. The maximum Gasteiger partial charge on any atom is 0.191 e. The van der Waals surface area contributed by atoms with Gasteiger partial charge in [-0.05, 0) is 55.7 Å². The Hall–Kier alpha value is -0.870. The summed E-state index contributed by atoms with van der Waals surface area (Å²) < 4.78 is 28.8. The molecule has 0 aromatic heterocycles. The van der Waals surface area contributed by atoms with Crippen LogP contribution in [-0.4, -0.2) is 47.4 Å². The van der Waals surface area contributed by atoms with E-state index in [-0.39, 0.29) is 24.0 Å². The van der Waals surface area contributed by atoms with Crippen LogP contribution in [0.2, 0.25) is 0 Å². The van der Waals surface area contributed by atoms with Crippen molar-refractivity contribution in [3.63, 3.8) is 0 Å². The molecule has 1 aliphatic rings. The normalized spacial score (nSPS) is 16.1. The summed E-state index contributed by atoms with van der Waals surface area (Å²) in [5.41, 5.74) is 2.07. The minimum Gasteiger partial charge on any atom is -0.385 e. The highest BCUT2D eigenvalue weighted by molar-refractivity contribution is 14.0. The number of rotatable bonds is 9. The van der Waals surface area contributed by atoms with Gasteiger partial charge in [-0.3, -0.25) is 0 Å². The SMILES string of the molecule is CCNC(=NCc1ccc(S(C)(=O)=O)c(C)c1)NCC1(CCOC)CCC1.I. The van der Waals surface area contributed by atoms with Gasteiger partial charge >= 0.3 is 0 Å². The average Bonchev–Trinajstić information content (AvgIpc) is 2.57. The summed E-state index contributed by atoms with van der Waals surface area (Å²) in [6, 6.07) is 5.40. The lowest BCUT2D eigenvalue weighted by Crippen LogP contribution is -2.46. The Balaban J connectivity index is 0.00000392. The summed E-state index contributed by atoms with van der Waals surface area (Å²) in [6.45, 7) is 6.86. The molecule has 1 saturated carbocycles. The molecule has 28 heavy (non-hydrogen) atoms. The molecule has 2 rings (SSSR count). The number of halogens is 1. The molecule has 8 heteroatoms. The Morgan fingerprint density at radius 2 is 2.00 bits per heavy atom. The fourth-order valence-corrected chi connectivity index (χ4v) is 4.48. The molecule has 1 aliphatic carbocycles. The van der Waals surface area contributed by atoms with Crippen molar-refractivity contribution in [1.82, 2.24) is 10.6 Å². The van der Waals surface area contributed by atoms with Crippen molar-refractivity contribution in [3.05, 3.63) is 29.3 Å². The number of sulfone groups is 1. The summed E-state index contributed by atoms with van der Waals surface area (Å²) in [5, 5.41) is 6.77. The number of methoxy groups -OCH3 is 1. The zero-order valence-electron chi connectivity index (χ0n) is 17.4. The van der Waals surface area contributed by atoms with E-state index < -0.39 is 9.84 Å². The third-order valence-corrected chi connectivity index (χ3v) is 6.54. The molecule has 0 aliphatic heterocycles. The van der Waals surface area contributed by atoms with Crippen molar-refractivity contribution in [3.8, 4) is 0 Å². The minimum atomic E-state index is -3.19. The van der Waals surface area contributed by atoms with Gasteiger partial charge < -0.3 is 15.4 Å². The smallest absolute Gasteiger partial charge is 0.191 e. The number of ether oxygens (including phenoxy) is 1. The van der Waals surface area contributed by atoms with Gasteiger partial charge in [0, 0.05) is 33.1 Å². The van der Waals surface area contributed by atoms with Gasteiger partial charge in [-0.2, -0.15) is 0 Å². The van der Waals surface area contributed by atoms with Crippen molar-refractivity contribution in [2.45, 2.75) is 51.0 Å². The molecule has 0 bridgehead atoms. The van der Waals surface area contributed by atoms with E-state index in [9.17, 15) is 8.42 Å². The van der Waals surface area contributed by atoms with Crippen LogP contribution in [0.1, 0.15) is 43.7 Å². The van der Waals surface area contributed by atoms with Crippen LogP contribution in [0.3, 0.4) is 0 Å². The predicted molar refractivity (Wildman–Crippen MR) is 125 cm³/mol. The van der Waals surface area contributed by atoms with Crippen LogP contribution < -0.4 is 10.6 Å². The lowest BCUT2D eigenvalue weighted by molar-refractivity contribution is 0.0732. The van der Waals surface area contributed by atoms with Crippen molar-refractivity contribution in [2.24, 2.45) is 10.4 Å². The summed E-state index contributed by atoms with van der Waals surface area (Å²) >= 11 is 0. The van der Waals surface area contributed by atoms with Crippen LogP contribution in [0.5, 0.6) is 0 Å². The fraction of sp³-hybridized carbons (Fsp3) is 0.650. The highest BCUT2D eigenvalue weighted by Gasteiger charge is 2.36. The average molecular weight is 523 g/mol. The Labute approximate surface area is 186 Å². The first-order chi connectivity index (χ1) is 12.8. The maximum absolute atomic E-state index is 11.7. The standard InChI is InChI=1S/C20H33N3O3S.HI/c1-5-21-19(23-15-20(9-6-10-20)11-12-26-3)22-14-17-7-8-18(16(2)13-17)27(4,24)25;/h7-8,13H,5-6,9-12,14-15H2,1-4H3,(H2,21,22,23);1H. The molecule has 0 saturated heterocycles. The quantitative estimate of drug-likeness (QED) is 0.295. The van der Waals surface area contributed by atoms with Crippen molar-refractivity contribution >= 4 is 39.8 Å². The number of hydrogen-bond donors (Lipinski definition) is 2. The zero-order valence-corrected chi connectivity index (χ0v) is 20.5. The summed E-state index contributed by atoms with van der Waals surface area (Å²) in [6.07, 6.45) is 6.05. The molecule has 1 aromatic carbocycles. The van der Waals surface area contributed by atoms with Gasteiger partial charge in [-0.1, -0.05) is 18.6 Å². The van der Waals surface area contributed by atoms with E-state index in [1.165, 1.54) is 25.5 Å². The van der Waals surface area contributed by atoms with E-state index >= 15 is 0 Å². The van der Waals surface area contributed by atoms with Crippen LogP contribution in [0.15, 0.2) is 28.1 Å². The van der Waals surface area contributed by atoms with Gasteiger partial charge in [0.25, 0.3) is 0 Å². The van der Waals surface area contributed by atoms with Crippen molar-refractivity contribution in [2.75, 3.05) is 33.1 Å². The van der Waals surface area contributed by atoms with Crippen LogP contribution in [-0.2, 0) is 21.1 Å². The van der Waals surface area contributed by atoms with E-state index in [4.69, 9.17) is 4.74 Å². The van der Waals surface area contributed by atoms with E-state index in [1.54, 1.807) is 13.2 Å². The molecule has 160 valence electrons. The third kappa shape index (κ3) is 7.18. The molecule has 0 amide bonds. The first-order valence-electron chi connectivity index (χ1n) is 9.60. The molecule has 0 radical (unpaired) electrons. The van der Waals surface area contributed by atoms with Crippen LogP contribution in [0.4, 0.5) is 0 Å². The lowest BCUT2D eigenvalue weighted by Gasteiger charge is -2.42. The second-order valence-electron chi connectivity index (χ2n) is 7.52. The van der Waals surface area contributed by atoms with Gasteiger partial charge in [0.2, 0.25) is 0 Å². The number of nitrogens with one attached hydrogen (secondary N) is 2. The van der Waals surface area contributed by atoms with E-state index in [2.05, 4.69) is 15.6 Å². The molecule has 0 spiro atoms. The molecule has 0 unspecified atom stereocenters. The molecule has 0 heterocycles. The fourth-order valence-electron chi connectivity index (χ4n) is 3.52. The number of aryl methyl sites for hydroxylation is 1. The van der Waals surface area contributed by atoms with Crippen LogP contribution in [0.25, 0.3) is 0 Å². The lowest BCUT2D eigenvalue weighted by atomic mass is 9.67. The molecular formula is C20H34IN3O3S. The highest BCUT2D eigenvalue weighted by Crippen LogP contribution is 2.43. The first-order valence-corrected chi connectivity index (χ1v) is 11.5. The Bertz CT molecular complexity index is 762. The second-order valence-corrected chi connectivity index (χ2v) is 9.50. The highest BCUT2D eigenvalue weighted by atomic mass is 127. The summed E-state index contributed by atoms with van der Waals surface area (Å²) in [7, 11) is -1.44. The molecular weight excluding hydrogens is 489 g/mol. The van der Waals surface area contributed by atoms with Gasteiger partial charge in [-0.25, -0.2) is 13.4 Å². The molecule has 2 N–H and O–H groups in total. The van der Waals surface area contributed by atoms with Gasteiger partial charge in [0.15, 0.2) is 15.8 Å². The minimum absolute atomic E-state index is 0. The molecule has 6 nitrogen and oxygen atoms in total. The Morgan fingerprint density at radius 3 is 2.50 bits per heavy atom. The van der Waals surface area contributed by atoms with E-state index in [0.717, 1.165) is 43.2 Å². The van der Waals surface area contributed by atoms with E-state index in [0.29, 0.717) is 16.9 Å². The van der Waals surface area contributed by atoms with Gasteiger partial charge in [0.05, 0.1) is 11.4 Å². The maximum atomic E-state index is 11.7. The van der Waals surface area contributed by atoms with Crippen molar-refractivity contribution < 1.29 is 13.2 Å². The first kappa shape index (κ1) is 25.2. The van der Waals surface area contributed by atoms with Crippen molar-refractivity contribution in [1.29, 1.82) is 0 Å². The molecule has 1 aromatic rings. The Kier molecular flexibility index (Phi) is 10.2. The van der Waals surface area contributed by atoms with Crippen LogP contribution >= 0.6 is 24.0 Å². The topological polar surface area (TPSA) is 79.8 Å². The third-order valence-electron chi connectivity index (χ3n) is 5.28. The second kappa shape index (κ2) is 11.3. The Morgan fingerprint density at radius 1 is 1.29 bits per heavy atom. The number of guanidine groups is 1. The number of benzene rings is 1. The summed E-state index contributed by atoms with van der Waals surface area (Å²) in [5.74, 6) is 0.797. The van der Waals surface area contributed by atoms with E-state index in [1.807, 2.05) is 26.0 Å². The van der Waals surface area contributed by atoms with Gasteiger partial charge in [-0.15, -0.1) is 24.0 Å². The van der Waals surface area contributed by atoms with Crippen LogP contribution in [0, 0.1) is 12.3 Å².